The summed E-state index contributed by atoms with van der Waals surface area (Å²) < 4.78 is 15.2. The van der Waals surface area contributed by atoms with Gasteiger partial charge in [-0.3, -0.25) is 0 Å². The summed E-state index contributed by atoms with van der Waals surface area (Å²) in [7, 11) is 3.14. The molecule has 0 radical (unpaired) electrons. The van der Waals surface area contributed by atoms with Gasteiger partial charge in [0.2, 0.25) is 0 Å². The van der Waals surface area contributed by atoms with Crippen molar-refractivity contribution in [2.45, 2.75) is 25.0 Å². The van der Waals surface area contributed by atoms with Gasteiger partial charge in [-0.25, -0.2) is 0 Å². The molecule has 2 N–H and O–H groups in total. The molecule has 0 aliphatic rings. The molecule has 0 saturated carbocycles. The molecule has 0 amide bonds. The Bertz CT molecular complexity index is 193. The molecule has 0 bridgehead atoms. The topological polar surface area (TPSA) is 68.2 Å². The molecule has 5 nitrogen and oxygen atoms in total. The molecule has 0 aliphatic carbocycles. The Balaban J connectivity index is 3.86. The van der Waals surface area contributed by atoms with Gasteiger partial charge in [0.1, 0.15) is 0 Å². The van der Waals surface area contributed by atoms with E-state index in [9.17, 15) is 0 Å². The summed E-state index contributed by atoms with van der Waals surface area (Å²) in [5.74, 6) is 0. The third-order valence-corrected chi connectivity index (χ3v) is 2.18. The molecule has 0 aromatic heterocycles. The third-order valence-electron chi connectivity index (χ3n) is 2.18. The van der Waals surface area contributed by atoms with Crippen LogP contribution in [0, 0.1) is 0 Å². The molecule has 0 heterocycles. The molecule has 0 rings (SSSR count). The monoisotopic (exact) mass is 246 g/mol. The average Bonchev–Trinajstić information content (AvgIpc) is 2.35. The van der Waals surface area contributed by atoms with Gasteiger partial charge in [-0.15, -0.1) is 0 Å². The molecule has 0 saturated heterocycles. The fourth-order valence-corrected chi connectivity index (χ4v) is 1.15. The third kappa shape index (κ3) is 8.88. The van der Waals surface area contributed by atoms with E-state index < -0.39 is 0 Å². The molecule has 0 aromatic carbocycles. The molecular weight excluding hydrogens is 224 g/mol. The van der Waals surface area contributed by atoms with Gasteiger partial charge in [0.15, 0.2) is 0 Å². The maximum atomic E-state index is 8.73. The highest BCUT2D eigenvalue weighted by atomic mass is 16.5. The second kappa shape index (κ2) is 11.6. The second-order valence-corrected chi connectivity index (χ2v) is 3.37. The molecule has 17 heavy (non-hydrogen) atoms. The zero-order valence-electron chi connectivity index (χ0n) is 10.4. The molecule has 2 unspecified atom stereocenters. The van der Waals surface area contributed by atoms with Crippen LogP contribution in [0.25, 0.3) is 0 Å². The number of methoxy groups -OCH3 is 2. The number of rotatable bonds is 10. The van der Waals surface area contributed by atoms with Crippen LogP contribution in [0.1, 0.15) is 12.8 Å². The Labute approximate surface area is 102 Å². The van der Waals surface area contributed by atoms with Crippen molar-refractivity contribution in [3.8, 4) is 0 Å². The van der Waals surface area contributed by atoms with Gasteiger partial charge >= 0.3 is 0 Å². The zero-order valence-corrected chi connectivity index (χ0v) is 10.4. The summed E-state index contributed by atoms with van der Waals surface area (Å²) in [5, 5.41) is 17.5. The van der Waals surface area contributed by atoms with Gasteiger partial charge in [-0.1, -0.05) is 0 Å². The van der Waals surface area contributed by atoms with Crippen LogP contribution >= 0.6 is 0 Å². The Kier molecular flexibility index (Phi) is 11.0. The Morgan fingerprint density at radius 1 is 0.882 bits per heavy atom. The number of hydrogen-bond acceptors (Lipinski definition) is 5. The van der Waals surface area contributed by atoms with Gasteiger partial charge in [-0.2, -0.15) is 0 Å². The van der Waals surface area contributed by atoms with Crippen LogP contribution < -0.4 is 0 Å². The van der Waals surface area contributed by atoms with E-state index in [2.05, 4.69) is 0 Å². The Morgan fingerprint density at radius 2 is 1.29 bits per heavy atom. The number of hydrogen-bond donors (Lipinski definition) is 2. The van der Waals surface area contributed by atoms with Crippen molar-refractivity contribution in [2.75, 3.05) is 27.4 Å². The van der Waals surface area contributed by atoms with E-state index in [0.29, 0.717) is 12.8 Å². The normalized spacial score (nSPS) is 15.5. The summed E-state index contributed by atoms with van der Waals surface area (Å²) in [5.41, 5.74) is 0. The predicted octanol–water partition coefficient (Wildman–Crippen LogP) is 0.825. The van der Waals surface area contributed by atoms with E-state index in [1.165, 1.54) is 12.5 Å². The van der Waals surface area contributed by atoms with Crippen molar-refractivity contribution in [2.24, 2.45) is 0 Å². The lowest BCUT2D eigenvalue weighted by Gasteiger charge is -2.08. The van der Waals surface area contributed by atoms with Crippen molar-refractivity contribution < 1.29 is 24.4 Å². The van der Waals surface area contributed by atoms with E-state index in [1.54, 1.807) is 26.4 Å². The lowest BCUT2D eigenvalue weighted by Crippen LogP contribution is -2.09. The first-order valence-corrected chi connectivity index (χ1v) is 5.54. The first kappa shape index (κ1) is 16.1. The smallest absolute Gasteiger partial charge is 0.0887 e. The Morgan fingerprint density at radius 3 is 1.59 bits per heavy atom. The molecule has 5 heteroatoms. The van der Waals surface area contributed by atoms with Crippen LogP contribution in [0.2, 0.25) is 0 Å². The standard InChI is InChI=1S/C12H22O5/c1-15-11(3-7-13)5-9-17-10-6-12(16-2)4-8-14/h5-6,9-14H,3-4,7-8H2,1-2H3. The molecular formula is C12H22O5. The van der Waals surface area contributed by atoms with Gasteiger partial charge in [-0.05, 0) is 12.2 Å². The molecule has 2 atom stereocenters. The molecule has 0 aliphatic heterocycles. The van der Waals surface area contributed by atoms with Gasteiger partial charge in [0, 0.05) is 40.3 Å². The van der Waals surface area contributed by atoms with Crippen molar-refractivity contribution in [1.82, 2.24) is 0 Å². The molecule has 0 fully saturated rings. The molecule has 0 aromatic rings. The Hall–Kier alpha value is -0.880. The minimum atomic E-state index is -0.149. The maximum Gasteiger partial charge on any atom is 0.0887 e. The lowest BCUT2D eigenvalue weighted by atomic mass is 10.2. The van der Waals surface area contributed by atoms with Crippen LogP contribution in [0.4, 0.5) is 0 Å². The second-order valence-electron chi connectivity index (χ2n) is 3.37. The van der Waals surface area contributed by atoms with Crippen molar-refractivity contribution in [3.05, 3.63) is 24.7 Å². The minimum absolute atomic E-state index is 0.0704. The highest BCUT2D eigenvalue weighted by molar-refractivity contribution is 4.89. The summed E-state index contributed by atoms with van der Waals surface area (Å²) >= 11 is 0. The van der Waals surface area contributed by atoms with E-state index >= 15 is 0 Å². The van der Waals surface area contributed by atoms with Crippen LogP contribution in [0.3, 0.4) is 0 Å². The van der Waals surface area contributed by atoms with E-state index in [0.717, 1.165) is 0 Å². The summed E-state index contributed by atoms with van der Waals surface area (Å²) in [4.78, 5) is 0. The maximum absolute atomic E-state index is 8.73. The van der Waals surface area contributed by atoms with E-state index in [1.807, 2.05) is 0 Å². The van der Waals surface area contributed by atoms with Gasteiger partial charge in [0.25, 0.3) is 0 Å². The first-order chi connectivity index (χ1) is 8.28. The van der Waals surface area contributed by atoms with E-state index in [-0.39, 0.29) is 25.4 Å². The van der Waals surface area contributed by atoms with Crippen LogP contribution in [0.5, 0.6) is 0 Å². The van der Waals surface area contributed by atoms with Crippen LogP contribution in [0.15, 0.2) is 24.7 Å². The fourth-order valence-electron chi connectivity index (χ4n) is 1.15. The summed E-state index contributed by atoms with van der Waals surface area (Å²) in [6.07, 6.45) is 7.19. The SMILES string of the molecule is COC(C=COC=CC(CCO)OC)CCO. The van der Waals surface area contributed by atoms with Crippen molar-refractivity contribution >= 4 is 0 Å². The first-order valence-electron chi connectivity index (χ1n) is 5.54. The van der Waals surface area contributed by atoms with Crippen molar-refractivity contribution in [3.63, 3.8) is 0 Å². The largest absolute Gasteiger partial charge is 0.473 e. The number of aliphatic hydroxyl groups excluding tert-OH is 2. The quantitative estimate of drug-likeness (QED) is 0.559. The highest BCUT2D eigenvalue weighted by Gasteiger charge is 2.01. The van der Waals surface area contributed by atoms with Gasteiger partial charge < -0.3 is 24.4 Å². The van der Waals surface area contributed by atoms with Crippen molar-refractivity contribution in [1.29, 1.82) is 0 Å². The zero-order chi connectivity index (χ0) is 12.9. The minimum Gasteiger partial charge on any atom is -0.473 e. The number of aliphatic hydroxyl groups is 2. The molecule has 0 spiro atoms. The number of ether oxygens (including phenoxy) is 3. The summed E-state index contributed by atoms with van der Waals surface area (Å²) in [6.45, 7) is 0.141. The lowest BCUT2D eigenvalue weighted by molar-refractivity contribution is 0.109. The highest BCUT2D eigenvalue weighted by Crippen LogP contribution is 2.00. The fraction of sp³-hybridized carbons (Fsp3) is 0.667. The van der Waals surface area contributed by atoms with Gasteiger partial charge in [0.05, 0.1) is 24.7 Å². The van der Waals surface area contributed by atoms with E-state index in [4.69, 9.17) is 24.4 Å². The van der Waals surface area contributed by atoms with Crippen LogP contribution in [-0.2, 0) is 14.2 Å². The summed E-state index contributed by atoms with van der Waals surface area (Å²) in [6, 6.07) is 0. The average molecular weight is 246 g/mol. The molecule has 100 valence electrons. The van der Waals surface area contributed by atoms with Crippen LogP contribution in [-0.4, -0.2) is 49.9 Å². The predicted molar refractivity (Wildman–Crippen MR) is 64.4 cm³/mol.